The molecule has 4 rings (SSSR count). The summed E-state index contributed by atoms with van der Waals surface area (Å²) in [5, 5.41) is 7.95. The van der Waals surface area contributed by atoms with Crippen molar-refractivity contribution >= 4 is 0 Å². The molecule has 0 unspecified atom stereocenters. The molecule has 0 atom stereocenters. The molecule has 0 aliphatic rings. The summed E-state index contributed by atoms with van der Waals surface area (Å²) in [7, 11) is 0. The summed E-state index contributed by atoms with van der Waals surface area (Å²) in [5.74, 6) is -3.87. The van der Waals surface area contributed by atoms with Crippen molar-refractivity contribution in [2.75, 3.05) is 0 Å². The molecule has 0 fully saturated rings. The smallest absolute Gasteiger partial charge is 0.170 e. The Morgan fingerprint density at radius 1 is 0.786 bits per heavy atom. The number of aromatic nitrogens is 3. The standard InChI is InChI=1S/C20H10F4N3.Ir/c21-13-8-6-12(7-9-13)19-25-26-20(27(19)15-4-2-1-3-5-15)16-10-14(22)11-17(23)18(16)24;/h1-6,8-11H;/q-1;. The maximum Gasteiger partial charge on any atom is 0.170 e. The average molecular weight is 561 g/mol. The summed E-state index contributed by atoms with van der Waals surface area (Å²) in [6, 6.07) is 16.5. The molecule has 8 heteroatoms. The van der Waals surface area contributed by atoms with Crippen LogP contribution in [0.25, 0.3) is 28.5 Å². The predicted octanol–water partition coefficient (Wildman–Crippen LogP) is 4.96. The van der Waals surface area contributed by atoms with Crippen molar-refractivity contribution in [1.29, 1.82) is 0 Å². The molecule has 28 heavy (non-hydrogen) atoms. The molecule has 0 spiro atoms. The fraction of sp³-hybridized carbons (Fsp3) is 0. The van der Waals surface area contributed by atoms with Crippen LogP contribution < -0.4 is 0 Å². The Labute approximate surface area is 171 Å². The van der Waals surface area contributed by atoms with E-state index in [0.717, 1.165) is 12.1 Å². The Morgan fingerprint density at radius 3 is 2.18 bits per heavy atom. The molecule has 3 aromatic carbocycles. The van der Waals surface area contributed by atoms with Crippen molar-refractivity contribution in [3.63, 3.8) is 0 Å². The second-order valence-electron chi connectivity index (χ2n) is 5.69. The largest absolute Gasteiger partial charge is 0.316 e. The molecule has 143 valence electrons. The minimum absolute atomic E-state index is 0. The van der Waals surface area contributed by atoms with Gasteiger partial charge in [-0.3, -0.25) is 4.39 Å². The van der Waals surface area contributed by atoms with E-state index in [1.54, 1.807) is 30.3 Å². The van der Waals surface area contributed by atoms with Gasteiger partial charge in [0.05, 0.1) is 11.4 Å². The summed E-state index contributed by atoms with van der Waals surface area (Å²) in [5.41, 5.74) is 0.544. The van der Waals surface area contributed by atoms with Crippen LogP contribution >= 0.6 is 0 Å². The zero-order chi connectivity index (χ0) is 19.0. The van der Waals surface area contributed by atoms with Gasteiger partial charge in [0.2, 0.25) is 0 Å². The molecule has 0 aliphatic heterocycles. The molecule has 3 nitrogen and oxygen atoms in total. The maximum atomic E-state index is 14.3. The summed E-state index contributed by atoms with van der Waals surface area (Å²) in [6.07, 6.45) is 0. The SMILES string of the molecule is Fc1c[c-]c(-c2nnc(-c3cc(F)cc(F)c3F)n2-c2ccccc2)cc1.[Ir]. The molecule has 0 aliphatic carbocycles. The summed E-state index contributed by atoms with van der Waals surface area (Å²) in [4.78, 5) is 0. The molecule has 0 saturated heterocycles. The zero-order valence-corrected chi connectivity index (χ0v) is 16.4. The van der Waals surface area contributed by atoms with E-state index in [0.29, 0.717) is 17.3 Å². The van der Waals surface area contributed by atoms with Gasteiger partial charge >= 0.3 is 0 Å². The minimum atomic E-state index is -1.33. The van der Waals surface area contributed by atoms with E-state index in [1.807, 2.05) is 0 Å². The third kappa shape index (κ3) is 3.61. The Hall–Kier alpha value is -2.83. The molecule has 0 saturated carbocycles. The first-order valence-electron chi connectivity index (χ1n) is 7.88. The Kier molecular flexibility index (Phi) is 5.72. The van der Waals surface area contributed by atoms with Crippen LogP contribution in [0, 0.1) is 29.3 Å². The Bertz CT molecular complexity index is 1110. The molecule has 1 aromatic heterocycles. The third-order valence-electron chi connectivity index (χ3n) is 3.93. The number of hydrogen-bond donors (Lipinski definition) is 0. The van der Waals surface area contributed by atoms with E-state index in [4.69, 9.17) is 0 Å². The number of nitrogens with zero attached hydrogens (tertiary/aromatic N) is 3. The first-order valence-corrected chi connectivity index (χ1v) is 7.88. The van der Waals surface area contributed by atoms with Gasteiger partial charge in [-0.25, -0.2) is 13.2 Å². The van der Waals surface area contributed by atoms with Crippen molar-refractivity contribution in [1.82, 2.24) is 14.8 Å². The molecule has 4 aromatic rings. The van der Waals surface area contributed by atoms with Crippen molar-refractivity contribution < 1.29 is 37.7 Å². The number of benzene rings is 3. The average Bonchev–Trinajstić information content (AvgIpc) is 3.11. The summed E-state index contributed by atoms with van der Waals surface area (Å²) in [6.45, 7) is 0. The van der Waals surface area contributed by atoms with Crippen LogP contribution in [0.3, 0.4) is 0 Å². The maximum absolute atomic E-state index is 14.3. The van der Waals surface area contributed by atoms with Crippen LogP contribution in [-0.2, 0) is 20.1 Å². The van der Waals surface area contributed by atoms with Crippen LogP contribution in [0.15, 0.2) is 60.7 Å². The van der Waals surface area contributed by atoms with Gasteiger partial charge in [-0.05, 0) is 18.2 Å². The van der Waals surface area contributed by atoms with E-state index in [9.17, 15) is 17.6 Å². The number of halogens is 4. The van der Waals surface area contributed by atoms with Gasteiger partial charge in [0.25, 0.3) is 0 Å². The van der Waals surface area contributed by atoms with Crippen LogP contribution in [0.5, 0.6) is 0 Å². The van der Waals surface area contributed by atoms with Crippen LogP contribution in [0.2, 0.25) is 0 Å². The monoisotopic (exact) mass is 561 g/mol. The first kappa shape index (κ1) is 19.9. The van der Waals surface area contributed by atoms with Gasteiger partial charge in [0.15, 0.2) is 17.5 Å². The van der Waals surface area contributed by atoms with E-state index < -0.39 is 23.3 Å². The molecule has 0 amide bonds. The van der Waals surface area contributed by atoms with Gasteiger partial charge < -0.3 is 4.57 Å². The van der Waals surface area contributed by atoms with Gasteiger partial charge in [0, 0.05) is 37.7 Å². The van der Waals surface area contributed by atoms with E-state index in [2.05, 4.69) is 16.3 Å². The van der Waals surface area contributed by atoms with Crippen molar-refractivity contribution in [2.24, 2.45) is 0 Å². The second kappa shape index (κ2) is 8.04. The van der Waals surface area contributed by atoms with Crippen LogP contribution in [-0.4, -0.2) is 14.8 Å². The first-order chi connectivity index (χ1) is 13.0. The molecule has 0 N–H and O–H groups in total. The third-order valence-corrected chi connectivity index (χ3v) is 3.93. The summed E-state index contributed by atoms with van der Waals surface area (Å²) < 4.78 is 56.4. The zero-order valence-electron chi connectivity index (χ0n) is 14.0. The number of para-hydroxylation sites is 1. The second-order valence-corrected chi connectivity index (χ2v) is 5.69. The Morgan fingerprint density at radius 2 is 1.50 bits per heavy atom. The van der Waals surface area contributed by atoms with Crippen molar-refractivity contribution in [2.45, 2.75) is 0 Å². The van der Waals surface area contributed by atoms with Crippen LogP contribution in [0.4, 0.5) is 17.6 Å². The Balaban J connectivity index is 0.00000225. The number of rotatable bonds is 3. The van der Waals surface area contributed by atoms with Crippen molar-refractivity contribution in [3.05, 3.63) is 90.0 Å². The van der Waals surface area contributed by atoms with Gasteiger partial charge in [0.1, 0.15) is 5.82 Å². The molecule has 0 bridgehead atoms. The predicted molar refractivity (Wildman–Crippen MR) is 90.9 cm³/mol. The number of hydrogen-bond acceptors (Lipinski definition) is 2. The minimum Gasteiger partial charge on any atom is -0.316 e. The van der Waals surface area contributed by atoms with Gasteiger partial charge in [-0.2, -0.15) is 5.10 Å². The fourth-order valence-electron chi connectivity index (χ4n) is 2.72. The summed E-state index contributed by atoms with van der Waals surface area (Å²) >= 11 is 0. The van der Waals surface area contributed by atoms with Gasteiger partial charge in [-0.15, -0.1) is 34.9 Å². The van der Waals surface area contributed by atoms with E-state index >= 15 is 0 Å². The van der Waals surface area contributed by atoms with E-state index in [1.165, 1.54) is 16.7 Å². The van der Waals surface area contributed by atoms with Crippen LogP contribution in [0.1, 0.15) is 0 Å². The molecular formula is C20H10F4IrN3-. The normalized spacial score (nSPS) is 10.6. The molecule has 1 radical (unpaired) electrons. The van der Waals surface area contributed by atoms with Crippen molar-refractivity contribution in [3.8, 4) is 28.5 Å². The molecular weight excluding hydrogens is 550 g/mol. The van der Waals surface area contributed by atoms with E-state index in [-0.39, 0.29) is 37.3 Å². The topological polar surface area (TPSA) is 30.7 Å². The molecule has 1 heterocycles. The quantitative estimate of drug-likeness (QED) is 0.202. The van der Waals surface area contributed by atoms with Gasteiger partial charge in [-0.1, -0.05) is 18.2 Å². The fourth-order valence-corrected chi connectivity index (χ4v) is 2.72.